The predicted molar refractivity (Wildman–Crippen MR) is 147 cm³/mol. The quantitative estimate of drug-likeness (QED) is 0.288. The normalized spacial score (nSPS) is 14.6. The summed E-state index contributed by atoms with van der Waals surface area (Å²) >= 11 is 8.15. The fourth-order valence-electron chi connectivity index (χ4n) is 3.48. The minimum absolute atomic E-state index is 0.125. The molecule has 0 bridgehead atoms. The first-order valence-electron chi connectivity index (χ1n) is 11.1. The van der Waals surface area contributed by atoms with E-state index >= 15 is 0 Å². The van der Waals surface area contributed by atoms with Crippen molar-refractivity contribution < 1.29 is 14.3 Å². The molecule has 0 saturated carbocycles. The number of nitrogens with zero attached hydrogens (tertiary/aromatic N) is 2. The largest absolute Gasteiger partial charge is 0.497 e. The lowest BCUT2D eigenvalue weighted by atomic mass is 10.1. The summed E-state index contributed by atoms with van der Waals surface area (Å²) in [5, 5.41) is 3.45. The molecule has 1 fully saturated rings. The van der Waals surface area contributed by atoms with E-state index in [2.05, 4.69) is 41.5 Å². The van der Waals surface area contributed by atoms with E-state index in [0.29, 0.717) is 27.3 Å². The Bertz CT molecular complexity index is 1250. The zero-order valence-corrected chi connectivity index (χ0v) is 21.9. The van der Waals surface area contributed by atoms with E-state index in [9.17, 15) is 9.59 Å². The van der Waals surface area contributed by atoms with Crippen LogP contribution in [0.2, 0.25) is 0 Å². The molecule has 2 aromatic carbocycles. The van der Waals surface area contributed by atoms with Crippen LogP contribution in [0.3, 0.4) is 0 Å². The fraction of sp³-hybridized carbons (Fsp3) is 0.231. The highest BCUT2D eigenvalue weighted by Crippen LogP contribution is 2.33. The van der Waals surface area contributed by atoms with Crippen molar-refractivity contribution in [2.24, 2.45) is 0 Å². The van der Waals surface area contributed by atoms with Gasteiger partial charge in [-0.05, 0) is 42.7 Å². The van der Waals surface area contributed by atoms with Crippen molar-refractivity contribution in [2.45, 2.75) is 26.2 Å². The topological polar surface area (TPSA) is 71.5 Å². The van der Waals surface area contributed by atoms with Gasteiger partial charge in [0, 0.05) is 30.5 Å². The van der Waals surface area contributed by atoms with E-state index < -0.39 is 0 Å². The highest BCUT2D eigenvalue weighted by molar-refractivity contribution is 8.26. The summed E-state index contributed by atoms with van der Waals surface area (Å²) < 4.78 is 5.68. The Kier molecular flexibility index (Phi) is 8.33. The third-order valence-corrected chi connectivity index (χ3v) is 7.66. The Balaban J connectivity index is 1.25. The van der Waals surface area contributed by atoms with Gasteiger partial charge in [0.15, 0.2) is 5.13 Å². The fourth-order valence-corrected chi connectivity index (χ4v) is 5.65. The Morgan fingerprint density at radius 2 is 1.91 bits per heavy atom. The van der Waals surface area contributed by atoms with E-state index in [1.54, 1.807) is 18.2 Å². The molecule has 1 N–H and O–H groups in total. The number of aryl methyl sites for hydroxylation is 1. The van der Waals surface area contributed by atoms with E-state index in [0.717, 1.165) is 22.6 Å². The Labute approximate surface area is 218 Å². The third kappa shape index (κ3) is 6.78. The number of ether oxygens (including phenoxy) is 1. The lowest BCUT2D eigenvalue weighted by molar-refractivity contribution is -0.122. The number of amides is 2. The molecule has 0 radical (unpaired) electrons. The molecule has 0 aliphatic carbocycles. The van der Waals surface area contributed by atoms with Gasteiger partial charge in [0.2, 0.25) is 5.91 Å². The molecule has 0 atom stereocenters. The molecule has 0 spiro atoms. The first-order valence-corrected chi connectivity index (χ1v) is 13.1. The molecule has 1 aliphatic rings. The number of nitrogens with one attached hydrogen (secondary N) is 1. The summed E-state index contributed by atoms with van der Waals surface area (Å²) in [7, 11) is 1.61. The number of anilines is 1. The molecule has 4 rings (SSSR count). The second kappa shape index (κ2) is 11.6. The maximum Gasteiger partial charge on any atom is 0.266 e. The number of benzene rings is 2. The van der Waals surface area contributed by atoms with Crippen LogP contribution in [-0.2, 0) is 16.0 Å². The minimum atomic E-state index is -0.128. The third-order valence-electron chi connectivity index (χ3n) is 5.37. The van der Waals surface area contributed by atoms with Crippen LogP contribution >= 0.6 is 35.3 Å². The SMILES string of the molecule is COc1ccc(/C=C2\SC(=S)N(CCCC(=O)Nc3ncc(Cc4ccc(C)cc4)s3)C2=O)cc1. The van der Waals surface area contributed by atoms with E-state index in [-0.39, 0.29) is 18.2 Å². The maximum absolute atomic E-state index is 12.8. The summed E-state index contributed by atoms with van der Waals surface area (Å²) in [6.07, 6.45) is 5.20. The summed E-state index contributed by atoms with van der Waals surface area (Å²) in [5.41, 5.74) is 3.34. The monoisotopic (exact) mass is 523 g/mol. The van der Waals surface area contributed by atoms with Crippen molar-refractivity contribution in [1.82, 2.24) is 9.88 Å². The molecule has 1 aliphatic heterocycles. The lowest BCUT2D eigenvalue weighted by Gasteiger charge is -2.13. The predicted octanol–water partition coefficient (Wildman–Crippen LogP) is 5.67. The van der Waals surface area contributed by atoms with Crippen LogP contribution in [-0.4, -0.2) is 39.7 Å². The van der Waals surface area contributed by atoms with Gasteiger partial charge in [-0.3, -0.25) is 14.5 Å². The van der Waals surface area contributed by atoms with Crippen molar-refractivity contribution >= 4 is 62.7 Å². The molecular weight excluding hydrogens is 499 g/mol. The molecule has 6 nitrogen and oxygen atoms in total. The molecule has 9 heteroatoms. The maximum atomic E-state index is 12.8. The molecule has 2 amide bonds. The van der Waals surface area contributed by atoms with Crippen LogP contribution in [0.4, 0.5) is 5.13 Å². The minimum Gasteiger partial charge on any atom is -0.497 e. The molecule has 3 aromatic rings. The van der Waals surface area contributed by atoms with Crippen LogP contribution < -0.4 is 10.1 Å². The smallest absolute Gasteiger partial charge is 0.266 e. The average Bonchev–Trinajstić information content (AvgIpc) is 3.39. The highest BCUT2D eigenvalue weighted by atomic mass is 32.2. The number of carbonyl (C=O) groups is 2. The highest BCUT2D eigenvalue weighted by Gasteiger charge is 2.31. The van der Waals surface area contributed by atoms with Crippen molar-refractivity contribution in [1.29, 1.82) is 0 Å². The first-order chi connectivity index (χ1) is 16.9. The van der Waals surface area contributed by atoms with Gasteiger partial charge in [-0.25, -0.2) is 4.98 Å². The first kappa shape index (κ1) is 25.1. The Hall–Kier alpha value is -3.01. The number of rotatable bonds is 9. The van der Waals surface area contributed by atoms with E-state index in [4.69, 9.17) is 17.0 Å². The number of thioether (sulfide) groups is 1. The number of hydrogen-bond acceptors (Lipinski definition) is 7. The van der Waals surface area contributed by atoms with Crippen molar-refractivity contribution in [3.8, 4) is 5.75 Å². The number of methoxy groups -OCH3 is 1. The zero-order valence-electron chi connectivity index (χ0n) is 19.4. The number of hydrogen-bond donors (Lipinski definition) is 1. The molecule has 2 heterocycles. The van der Waals surface area contributed by atoms with E-state index in [1.807, 2.05) is 30.3 Å². The average molecular weight is 524 g/mol. The number of carbonyl (C=O) groups excluding carboxylic acids is 2. The Morgan fingerprint density at radius 3 is 2.63 bits per heavy atom. The van der Waals surface area contributed by atoms with Crippen molar-refractivity contribution in [2.75, 3.05) is 19.0 Å². The molecule has 1 aromatic heterocycles. The summed E-state index contributed by atoms with van der Waals surface area (Å²) in [6, 6.07) is 15.9. The van der Waals surface area contributed by atoms with Crippen molar-refractivity contribution in [3.05, 3.63) is 81.2 Å². The van der Waals surface area contributed by atoms with Crippen LogP contribution in [0, 0.1) is 6.92 Å². The number of thiazole rings is 1. The van der Waals surface area contributed by atoms with E-state index in [1.165, 1.54) is 34.2 Å². The number of thiocarbonyl (C=S) groups is 1. The summed E-state index contributed by atoms with van der Waals surface area (Å²) in [6.45, 7) is 2.46. The van der Waals surface area contributed by atoms with Gasteiger partial charge in [-0.15, -0.1) is 11.3 Å². The van der Waals surface area contributed by atoms with Gasteiger partial charge in [0.1, 0.15) is 10.1 Å². The van der Waals surface area contributed by atoms with Crippen molar-refractivity contribution in [3.63, 3.8) is 0 Å². The molecule has 35 heavy (non-hydrogen) atoms. The second-order valence-electron chi connectivity index (χ2n) is 8.05. The Morgan fingerprint density at radius 1 is 1.17 bits per heavy atom. The van der Waals surface area contributed by atoms with Crippen LogP contribution in [0.15, 0.2) is 59.6 Å². The van der Waals surface area contributed by atoms with Gasteiger partial charge < -0.3 is 10.1 Å². The summed E-state index contributed by atoms with van der Waals surface area (Å²) in [4.78, 5) is 32.8. The molecule has 0 unspecified atom stereocenters. The van der Waals surface area contributed by atoms with Crippen LogP contribution in [0.1, 0.15) is 34.4 Å². The van der Waals surface area contributed by atoms with Gasteiger partial charge in [-0.2, -0.15) is 0 Å². The second-order valence-corrected chi connectivity index (χ2v) is 10.8. The molecular formula is C26H25N3O3S3. The summed E-state index contributed by atoms with van der Waals surface area (Å²) in [5.74, 6) is 0.505. The van der Waals surface area contributed by atoms with Crippen LogP contribution in [0.25, 0.3) is 6.08 Å². The zero-order chi connectivity index (χ0) is 24.8. The van der Waals surface area contributed by atoms with Crippen LogP contribution in [0.5, 0.6) is 5.75 Å². The molecule has 180 valence electrons. The lowest BCUT2D eigenvalue weighted by Crippen LogP contribution is -2.29. The van der Waals surface area contributed by atoms with Gasteiger partial charge in [0.25, 0.3) is 5.91 Å². The standard InChI is InChI=1S/C26H25N3O3S3/c1-17-5-7-18(8-6-17)14-21-16-27-25(34-21)28-23(30)4-3-13-29-24(31)22(35-26(29)33)15-19-9-11-20(32-2)12-10-19/h5-12,15-16H,3-4,13-14H2,1-2H3,(H,27,28,30)/b22-15-. The molecule has 1 saturated heterocycles. The van der Waals surface area contributed by atoms with Gasteiger partial charge >= 0.3 is 0 Å². The van der Waals surface area contributed by atoms with Gasteiger partial charge in [-0.1, -0.05) is 65.9 Å². The number of aromatic nitrogens is 1. The van der Waals surface area contributed by atoms with Gasteiger partial charge in [0.05, 0.1) is 12.0 Å².